The first-order valence-corrected chi connectivity index (χ1v) is 7.97. The van der Waals surface area contributed by atoms with Crippen molar-refractivity contribution in [2.75, 3.05) is 6.61 Å². The van der Waals surface area contributed by atoms with Gasteiger partial charge in [0.15, 0.2) is 0 Å². The third kappa shape index (κ3) is 3.00. The first kappa shape index (κ1) is 15.7. The largest absolute Gasteiger partial charge is 0.464 e. The van der Waals surface area contributed by atoms with Gasteiger partial charge in [-0.3, -0.25) is 9.36 Å². The van der Waals surface area contributed by atoms with Crippen LogP contribution in [-0.2, 0) is 9.53 Å². The molecule has 2 aromatic heterocycles. The topological polar surface area (TPSA) is 61.2 Å². The number of esters is 1. The van der Waals surface area contributed by atoms with Crippen LogP contribution >= 0.6 is 11.3 Å². The summed E-state index contributed by atoms with van der Waals surface area (Å²) in [6.07, 6.45) is 1.26. The lowest BCUT2D eigenvalue weighted by molar-refractivity contribution is -0.148. The minimum Gasteiger partial charge on any atom is -0.464 e. The minimum atomic E-state index is -0.610. The molecule has 5 nitrogen and oxygen atoms in total. The fourth-order valence-electron chi connectivity index (χ4n) is 2.34. The van der Waals surface area contributed by atoms with Crippen molar-refractivity contribution >= 4 is 27.5 Å². The lowest BCUT2D eigenvalue weighted by Gasteiger charge is -2.18. The number of aromatic nitrogens is 2. The van der Waals surface area contributed by atoms with E-state index in [0.717, 1.165) is 16.1 Å². The van der Waals surface area contributed by atoms with Crippen LogP contribution in [0, 0.1) is 13.8 Å². The van der Waals surface area contributed by atoms with Gasteiger partial charge in [-0.25, -0.2) is 9.78 Å². The number of aryl methyl sites for hydroxylation is 2. The zero-order chi connectivity index (χ0) is 15.6. The van der Waals surface area contributed by atoms with Crippen LogP contribution in [0.25, 0.3) is 10.2 Å². The van der Waals surface area contributed by atoms with Crippen LogP contribution in [-0.4, -0.2) is 22.1 Å². The lowest BCUT2D eigenvalue weighted by Crippen LogP contribution is -2.33. The summed E-state index contributed by atoms with van der Waals surface area (Å²) in [5, 5.41) is 0.574. The molecule has 0 bridgehead atoms. The van der Waals surface area contributed by atoms with Gasteiger partial charge in [0.2, 0.25) is 0 Å². The third-order valence-corrected chi connectivity index (χ3v) is 4.26. The standard InChI is InChI=1S/C15H20N2O3S/c1-5-7-20-15(19)12(6-2)17-10(4)16-13-11(14(17)18)8-9(3)21-13/h8,12H,5-7H2,1-4H3. The number of carbonyl (C=O) groups excluding carboxylic acids is 1. The van der Waals surface area contributed by atoms with Crippen LogP contribution < -0.4 is 5.56 Å². The maximum Gasteiger partial charge on any atom is 0.329 e. The predicted molar refractivity (Wildman–Crippen MR) is 83.9 cm³/mol. The van der Waals surface area contributed by atoms with E-state index in [1.807, 2.05) is 26.8 Å². The minimum absolute atomic E-state index is 0.165. The molecular weight excluding hydrogens is 288 g/mol. The molecule has 2 heterocycles. The number of carbonyl (C=O) groups is 1. The summed E-state index contributed by atoms with van der Waals surface area (Å²) in [6, 6.07) is 1.22. The number of thiophene rings is 1. The first-order chi connectivity index (χ1) is 9.99. The van der Waals surface area contributed by atoms with E-state index in [4.69, 9.17) is 4.74 Å². The Morgan fingerprint density at radius 1 is 1.43 bits per heavy atom. The molecule has 0 aliphatic carbocycles. The Bertz CT molecular complexity index is 718. The SMILES string of the molecule is CCCOC(=O)C(CC)n1c(C)nc2sc(C)cc2c1=O. The van der Waals surface area contributed by atoms with Gasteiger partial charge in [-0.05, 0) is 32.8 Å². The smallest absolute Gasteiger partial charge is 0.329 e. The molecule has 0 amide bonds. The zero-order valence-corrected chi connectivity index (χ0v) is 13.6. The molecule has 0 N–H and O–H groups in total. The molecule has 1 atom stereocenters. The van der Waals surface area contributed by atoms with E-state index in [2.05, 4.69) is 4.98 Å². The molecule has 0 radical (unpaired) electrons. The van der Waals surface area contributed by atoms with Gasteiger partial charge in [-0.15, -0.1) is 11.3 Å². The monoisotopic (exact) mass is 308 g/mol. The van der Waals surface area contributed by atoms with E-state index < -0.39 is 6.04 Å². The van der Waals surface area contributed by atoms with Crippen molar-refractivity contribution < 1.29 is 9.53 Å². The van der Waals surface area contributed by atoms with E-state index in [1.54, 1.807) is 6.92 Å². The molecule has 21 heavy (non-hydrogen) atoms. The molecule has 0 saturated carbocycles. The average molecular weight is 308 g/mol. The predicted octanol–water partition coefficient (Wildman–Crippen LogP) is 2.98. The Labute approximate surface area is 127 Å². The van der Waals surface area contributed by atoms with Crippen LogP contribution in [0.1, 0.15) is 43.4 Å². The Morgan fingerprint density at radius 3 is 2.76 bits per heavy atom. The molecule has 0 aliphatic heterocycles. The van der Waals surface area contributed by atoms with E-state index in [0.29, 0.717) is 24.2 Å². The summed E-state index contributed by atoms with van der Waals surface area (Å²) in [7, 11) is 0. The van der Waals surface area contributed by atoms with Gasteiger partial charge in [-0.1, -0.05) is 13.8 Å². The van der Waals surface area contributed by atoms with E-state index in [9.17, 15) is 9.59 Å². The number of hydrogen-bond donors (Lipinski definition) is 0. The zero-order valence-electron chi connectivity index (χ0n) is 12.8. The third-order valence-electron chi connectivity index (χ3n) is 3.32. The fourth-order valence-corrected chi connectivity index (χ4v) is 3.25. The van der Waals surface area contributed by atoms with Gasteiger partial charge < -0.3 is 4.74 Å². The summed E-state index contributed by atoms with van der Waals surface area (Å²) < 4.78 is 6.67. The van der Waals surface area contributed by atoms with Crippen LogP contribution in [0.15, 0.2) is 10.9 Å². The van der Waals surface area contributed by atoms with Gasteiger partial charge in [0.1, 0.15) is 16.7 Å². The Morgan fingerprint density at radius 2 is 2.14 bits per heavy atom. The maximum atomic E-state index is 12.7. The van der Waals surface area contributed by atoms with Crippen molar-refractivity contribution in [1.29, 1.82) is 0 Å². The maximum absolute atomic E-state index is 12.7. The summed E-state index contributed by atoms with van der Waals surface area (Å²) >= 11 is 1.49. The number of ether oxygens (including phenoxy) is 1. The lowest BCUT2D eigenvalue weighted by atomic mass is 10.2. The van der Waals surface area contributed by atoms with Crippen molar-refractivity contribution in [1.82, 2.24) is 9.55 Å². The highest BCUT2D eigenvalue weighted by atomic mass is 32.1. The Balaban J connectivity index is 2.53. The van der Waals surface area contributed by atoms with Gasteiger partial charge in [-0.2, -0.15) is 0 Å². The summed E-state index contributed by atoms with van der Waals surface area (Å²) in [5.41, 5.74) is -0.165. The van der Waals surface area contributed by atoms with E-state index in [1.165, 1.54) is 15.9 Å². The second-order valence-corrected chi connectivity index (χ2v) is 6.24. The molecule has 114 valence electrons. The first-order valence-electron chi connectivity index (χ1n) is 7.15. The van der Waals surface area contributed by atoms with Gasteiger partial charge >= 0.3 is 5.97 Å². The molecule has 0 saturated heterocycles. The van der Waals surface area contributed by atoms with Crippen molar-refractivity contribution in [2.45, 2.75) is 46.6 Å². The number of rotatable bonds is 5. The molecule has 0 aromatic carbocycles. The van der Waals surface area contributed by atoms with E-state index >= 15 is 0 Å². The van der Waals surface area contributed by atoms with Crippen LogP contribution in [0.5, 0.6) is 0 Å². The number of nitrogens with zero attached hydrogens (tertiary/aromatic N) is 2. The molecule has 0 fully saturated rings. The molecule has 0 aliphatic rings. The van der Waals surface area contributed by atoms with Crippen molar-refractivity contribution in [2.24, 2.45) is 0 Å². The quantitative estimate of drug-likeness (QED) is 0.797. The summed E-state index contributed by atoms with van der Waals surface area (Å²) in [5.74, 6) is 0.187. The molecule has 6 heteroatoms. The Hall–Kier alpha value is -1.69. The normalized spacial score (nSPS) is 12.6. The van der Waals surface area contributed by atoms with E-state index in [-0.39, 0.29) is 11.5 Å². The highest BCUT2D eigenvalue weighted by Crippen LogP contribution is 2.22. The van der Waals surface area contributed by atoms with Gasteiger partial charge in [0.05, 0.1) is 12.0 Å². The summed E-state index contributed by atoms with van der Waals surface area (Å²) in [4.78, 5) is 31.1. The molecule has 2 rings (SSSR count). The molecule has 1 unspecified atom stereocenters. The highest BCUT2D eigenvalue weighted by Gasteiger charge is 2.24. The molecular formula is C15H20N2O3S. The Kier molecular flexibility index (Phi) is 4.77. The van der Waals surface area contributed by atoms with Crippen molar-refractivity contribution in [3.63, 3.8) is 0 Å². The number of hydrogen-bond acceptors (Lipinski definition) is 5. The van der Waals surface area contributed by atoms with Gasteiger partial charge in [0, 0.05) is 4.88 Å². The van der Waals surface area contributed by atoms with Crippen LogP contribution in [0.2, 0.25) is 0 Å². The second-order valence-electron chi connectivity index (χ2n) is 5.00. The fraction of sp³-hybridized carbons (Fsp3) is 0.533. The van der Waals surface area contributed by atoms with Crippen molar-refractivity contribution in [3.05, 3.63) is 27.1 Å². The second kappa shape index (κ2) is 6.39. The van der Waals surface area contributed by atoms with Crippen molar-refractivity contribution in [3.8, 4) is 0 Å². The molecule has 2 aromatic rings. The summed E-state index contributed by atoms with van der Waals surface area (Å²) in [6.45, 7) is 7.88. The van der Waals surface area contributed by atoms with Crippen LogP contribution in [0.3, 0.4) is 0 Å². The highest BCUT2D eigenvalue weighted by molar-refractivity contribution is 7.18. The average Bonchev–Trinajstić information content (AvgIpc) is 2.81. The van der Waals surface area contributed by atoms with Gasteiger partial charge in [0.25, 0.3) is 5.56 Å². The number of fused-ring (bicyclic) bond motifs is 1. The molecule has 0 spiro atoms. The van der Waals surface area contributed by atoms with Crippen LogP contribution in [0.4, 0.5) is 0 Å².